The highest BCUT2D eigenvalue weighted by atomic mass is 19.4. The summed E-state index contributed by atoms with van der Waals surface area (Å²) in [6.07, 6.45) is -2.93. The van der Waals surface area contributed by atoms with Gasteiger partial charge in [-0.15, -0.1) is 0 Å². The Morgan fingerprint density at radius 3 is 2.54 bits per heavy atom. The van der Waals surface area contributed by atoms with Crippen LogP contribution < -0.4 is 10.7 Å². The van der Waals surface area contributed by atoms with Crippen molar-refractivity contribution in [2.24, 2.45) is 5.10 Å². The number of halogens is 3. The van der Waals surface area contributed by atoms with Crippen molar-refractivity contribution in [2.75, 3.05) is 11.9 Å². The summed E-state index contributed by atoms with van der Waals surface area (Å²) in [5, 5.41) is 6.42. The van der Waals surface area contributed by atoms with E-state index in [1.807, 2.05) is 31.2 Å². The number of carbonyl (C=O) groups excluding carboxylic acids is 1. The van der Waals surface area contributed by atoms with Gasteiger partial charge in [0.25, 0.3) is 5.91 Å². The van der Waals surface area contributed by atoms with Crippen molar-refractivity contribution in [3.05, 3.63) is 65.2 Å². The zero-order valence-corrected chi connectivity index (χ0v) is 12.9. The first-order valence-electron chi connectivity index (χ1n) is 7.14. The Kier molecular flexibility index (Phi) is 5.57. The lowest BCUT2D eigenvalue weighted by atomic mass is 10.2. The minimum Gasteiger partial charge on any atom is -0.376 e. The van der Waals surface area contributed by atoms with Crippen LogP contribution in [-0.2, 0) is 11.0 Å². The van der Waals surface area contributed by atoms with E-state index in [4.69, 9.17) is 0 Å². The Morgan fingerprint density at radius 1 is 1.17 bits per heavy atom. The number of hydrogen-bond donors (Lipinski definition) is 2. The third-order valence-electron chi connectivity index (χ3n) is 3.12. The second-order valence-corrected chi connectivity index (χ2v) is 5.14. The molecule has 2 rings (SSSR count). The molecule has 0 saturated carbocycles. The van der Waals surface area contributed by atoms with E-state index in [1.165, 1.54) is 18.3 Å². The number of hydrogen-bond acceptors (Lipinski definition) is 3. The highest BCUT2D eigenvalue weighted by molar-refractivity contribution is 5.84. The van der Waals surface area contributed by atoms with E-state index in [-0.39, 0.29) is 12.2 Å². The standard InChI is InChI=1S/C17H16F3N3O/c1-12-5-7-13(8-6-12)10-22-23-16(24)11-21-15-4-2-3-14(9-15)17(18,19)20/h2-10,21H,11H2,1H3,(H,23,24)/b22-10-. The van der Waals surface area contributed by atoms with E-state index < -0.39 is 17.6 Å². The molecule has 2 aromatic carbocycles. The van der Waals surface area contributed by atoms with Gasteiger partial charge < -0.3 is 5.32 Å². The normalized spacial score (nSPS) is 11.5. The van der Waals surface area contributed by atoms with Crippen molar-refractivity contribution < 1.29 is 18.0 Å². The molecule has 0 fully saturated rings. The number of carbonyl (C=O) groups is 1. The molecule has 0 aromatic heterocycles. The molecule has 0 unspecified atom stereocenters. The van der Waals surface area contributed by atoms with Crippen LogP contribution in [0.25, 0.3) is 0 Å². The molecule has 2 aromatic rings. The van der Waals surface area contributed by atoms with Crippen LogP contribution in [0.3, 0.4) is 0 Å². The number of nitrogens with zero attached hydrogens (tertiary/aromatic N) is 1. The predicted molar refractivity (Wildman–Crippen MR) is 86.8 cm³/mol. The van der Waals surface area contributed by atoms with Crippen LogP contribution in [0.15, 0.2) is 53.6 Å². The number of nitrogens with one attached hydrogen (secondary N) is 2. The fourth-order valence-corrected chi connectivity index (χ4v) is 1.86. The van der Waals surface area contributed by atoms with Gasteiger partial charge in [-0.05, 0) is 30.7 Å². The summed E-state index contributed by atoms with van der Waals surface area (Å²) in [4.78, 5) is 11.6. The number of alkyl halides is 3. The molecular weight excluding hydrogens is 319 g/mol. The lowest BCUT2D eigenvalue weighted by Crippen LogP contribution is -2.26. The first-order chi connectivity index (χ1) is 11.3. The minimum atomic E-state index is -4.42. The largest absolute Gasteiger partial charge is 0.416 e. The minimum absolute atomic E-state index is 0.188. The molecule has 1 amide bonds. The Bertz CT molecular complexity index is 725. The number of aryl methyl sites for hydroxylation is 1. The number of benzene rings is 2. The summed E-state index contributed by atoms with van der Waals surface area (Å²) < 4.78 is 37.8. The zero-order chi connectivity index (χ0) is 17.6. The van der Waals surface area contributed by atoms with Crippen LogP contribution in [0.4, 0.5) is 18.9 Å². The monoisotopic (exact) mass is 335 g/mol. The molecule has 0 bridgehead atoms. The van der Waals surface area contributed by atoms with Crippen LogP contribution in [0.1, 0.15) is 16.7 Å². The van der Waals surface area contributed by atoms with Crippen molar-refractivity contribution in [1.29, 1.82) is 0 Å². The highest BCUT2D eigenvalue weighted by Crippen LogP contribution is 2.30. The molecule has 24 heavy (non-hydrogen) atoms. The molecule has 0 heterocycles. The van der Waals surface area contributed by atoms with Gasteiger partial charge in [0.2, 0.25) is 0 Å². The number of amides is 1. The van der Waals surface area contributed by atoms with Gasteiger partial charge in [0.15, 0.2) is 0 Å². The van der Waals surface area contributed by atoms with E-state index in [0.29, 0.717) is 0 Å². The van der Waals surface area contributed by atoms with Crippen LogP contribution in [0.2, 0.25) is 0 Å². The van der Waals surface area contributed by atoms with Crippen LogP contribution in [0, 0.1) is 6.92 Å². The maximum absolute atomic E-state index is 12.6. The zero-order valence-electron chi connectivity index (χ0n) is 12.9. The molecule has 2 N–H and O–H groups in total. The second-order valence-electron chi connectivity index (χ2n) is 5.14. The van der Waals surface area contributed by atoms with Gasteiger partial charge in [-0.1, -0.05) is 35.9 Å². The topological polar surface area (TPSA) is 53.5 Å². The molecule has 4 nitrogen and oxygen atoms in total. The van der Waals surface area contributed by atoms with E-state index in [0.717, 1.165) is 23.3 Å². The van der Waals surface area contributed by atoms with E-state index in [2.05, 4.69) is 15.8 Å². The third-order valence-corrected chi connectivity index (χ3v) is 3.12. The van der Waals surface area contributed by atoms with Crippen molar-refractivity contribution in [2.45, 2.75) is 13.1 Å². The Balaban J connectivity index is 1.84. The predicted octanol–water partition coefficient (Wildman–Crippen LogP) is 3.58. The van der Waals surface area contributed by atoms with Gasteiger partial charge in [-0.2, -0.15) is 18.3 Å². The van der Waals surface area contributed by atoms with Crippen molar-refractivity contribution >= 4 is 17.8 Å². The van der Waals surface area contributed by atoms with Gasteiger partial charge in [0.05, 0.1) is 18.3 Å². The van der Waals surface area contributed by atoms with E-state index >= 15 is 0 Å². The fourth-order valence-electron chi connectivity index (χ4n) is 1.86. The van der Waals surface area contributed by atoms with Gasteiger partial charge in [-0.25, -0.2) is 5.43 Å². The Hall–Kier alpha value is -2.83. The fraction of sp³-hybridized carbons (Fsp3) is 0.176. The highest BCUT2D eigenvalue weighted by Gasteiger charge is 2.30. The molecule has 7 heteroatoms. The molecule has 0 spiro atoms. The third kappa shape index (κ3) is 5.42. The van der Waals surface area contributed by atoms with E-state index in [9.17, 15) is 18.0 Å². The summed E-state index contributed by atoms with van der Waals surface area (Å²) >= 11 is 0. The van der Waals surface area contributed by atoms with Crippen LogP contribution >= 0.6 is 0 Å². The SMILES string of the molecule is Cc1ccc(/C=N\NC(=O)CNc2cccc(C(F)(F)F)c2)cc1. The maximum atomic E-state index is 12.6. The van der Waals surface area contributed by atoms with Gasteiger partial charge >= 0.3 is 6.18 Å². The summed E-state index contributed by atoms with van der Waals surface area (Å²) in [7, 11) is 0. The van der Waals surface area contributed by atoms with Crippen molar-refractivity contribution in [1.82, 2.24) is 5.43 Å². The summed E-state index contributed by atoms with van der Waals surface area (Å²) in [6, 6.07) is 12.2. The molecule has 0 aliphatic carbocycles. The molecule has 0 radical (unpaired) electrons. The molecular formula is C17H16F3N3O. The second kappa shape index (κ2) is 7.63. The average Bonchev–Trinajstić information content (AvgIpc) is 2.54. The summed E-state index contributed by atoms with van der Waals surface area (Å²) in [5.41, 5.74) is 3.68. The van der Waals surface area contributed by atoms with Gasteiger partial charge in [0, 0.05) is 5.69 Å². The van der Waals surface area contributed by atoms with Crippen molar-refractivity contribution in [3.8, 4) is 0 Å². The number of rotatable bonds is 5. The van der Waals surface area contributed by atoms with Crippen LogP contribution in [-0.4, -0.2) is 18.7 Å². The first kappa shape index (κ1) is 17.5. The van der Waals surface area contributed by atoms with Gasteiger partial charge in [0.1, 0.15) is 0 Å². The molecule has 0 atom stereocenters. The molecule has 0 saturated heterocycles. The number of anilines is 1. The Labute approximate surface area is 137 Å². The molecule has 126 valence electrons. The van der Waals surface area contributed by atoms with E-state index in [1.54, 1.807) is 0 Å². The van der Waals surface area contributed by atoms with Gasteiger partial charge in [-0.3, -0.25) is 4.79 Å². The molecule has 0 aliphatic rings. The van der Waals surface area contributed by atoms with Crippen molar-refractivity contribution in [3.63, 3.8) is 0 Å². The lowest BCUT2D eigenvalue weighted by Gasteiger charge is -2.10. The number of hydrazone groups is 1. The smallest absolute Gasteiger partial charge is 0.376 e. The maximum Gasteiger partial charge on any atom is 0.416 e. The van der Waals surface area contributed by atoms with Crippen LogP contribution in [0.5, 0.6) is 0 Å². The lowest BCUT2D eigenvalue weighted by molar-refractivity contribution is -0.137. The average molecular weight is 335 g/mol. The Morgan fingerprint density at radius 2 is 1.88 bits per heavy atom. The summed E-state index contributed by atoms with van der Waals surface area (Å²) in [5.74, 6) is -0.462. The first-order valence-corrected chi connectivity index (χ1v) is 7.14. The quantitative estimate of drug-likeness (QED) is 0.648. The summed E-state index contributed by atoms with van der Waals surface area (Å²) in [6.45, 7) is 1.77. The molecule has 0 aliphatic heterocycles.